The standard InChI is InChI=1S/C9H11NO2.C4H8/c10-9-6-3-1-2-4-8(6)12-5-7(9)11;1-4(2)3/h1-4,7,9,11H,5,10H2;1H2,2-3H3/t7-,9+;/m1./s1. The van der Waals surface area contributed by atoms with Crippen molar-refractivity contribution in [2.24, 2.45) is 5.73 Å². The fourth-order valence-corrected chi connectivity index (χ4v) is 1.37. The number of nitrogens with two attached hydrogens (primary N) is 1. The fraction of sp³-hybridized carbons (Fsp3) is 0.385. The Kier molecular flexibility index (Phi) is 4.52. The molecule has 1 aromatic carbocycles. The highest BCUT2D eigenvalue weighted by Crippen LogP contribution is 2.29. The van der Waals surface area contributed by atoms with Crippen molar-refractivity contribution in [2.75, 3.05) is 6.61 Å². The highest BCUT2D eigenvalue weighted by molar-refractivity contribution is 5.37. The van der Waals surface area contributed by atoms with Crippen molar-refractivity contribution >= 4 is 0 Å². The van der Waals surface area contributed by atoms with E-state index in [1.165, 1.54) is 5.57 Å². The molecule has 16 heavy (non-hydrogen) atoms. The molecule has 0 saturated heterocycles. The number of hydrogen-bond acceptors (Lipinski definition) is 3. The van der Waals surface area contributed by atoms with Crippen LogP contribution in [0.5, 0.6) is 5.75 Å². The third-order valence-corrected chi connectivity index (χ3v) is 2.10. The van der Waals surface area contributed by atoms with Crippen LogP contribution in [0.1, 0.15) is 25.5 Å². The molecule has 3 N–H and O–H groups in total. The molecule has 3 nitrogen and oxygen atoms in total. The maximum atomic E-state index is 9.37. The average molecular weight is 221 g/mol. The van der Waals surface area contributed by atoms with Crippen LogP contribution in [0.2, 0.25) is 0 Å². The van der Waals surface area contributed by atoms with Crippen molar-refractivity contribution in [1.82, 2.24) is 0 Å². The Bertz CT molecular complexity index is 359. The summed E-state index contributed by atoms with van der Waals surface area (Å²) in [6, 6.07) is 7.21. The molecule has 0 fully saturated rings. The van der Waals surface area contributed by atoms with E-state index in [0.717, 1.165) is 11.3 Å². The minimum Gasteiger partial charge on any atom is -0.490 e. The summed E-state index contributed by atoms with van der Waals surface area (Å²) in [5.74, 6) is 0.787. The van der Waals surface area contributed by atoms with Gasteiger partial charge in [-0.3, -0.25) is 0 Å². The largest absolute Gasteiger partial charge is 0.490 e. The van der Waals surface area contributed by atoms with Crippen LogP contribution in [0.15, 0.2) is 36.4 Å². The van der Waals surface area contributed by atoms with Crippen LogP contribution in [0.3, 0.4) is 0 Å². The maximum absolute atomic E-state index is 9.37. The van der Waals surface area contributed by atoms with E-state index in [9.17, 15) is 5.11 Å². The Hall–Kier alpha value is -1.32. The average Bonchev–Trinajstić information content (AvgIpc) is 2.23. The first-order chi connectivity index (χ1) is 7.52. The van der Waals surface area contributed by atoms with Crippen molar-refractivity contribution in [2.45, 2.75) is 26.0 Å². The SMILES string of the molecule is C=C(C)C.N[C@H]1c2ccccc2OC[C@H]1O. The first-order valence-electron chi connectivity index (χ1n) is 5.30. The summed E-state index contributed by atoms with van der Waals surface area (Å²) in [5.41, 5.74) is 7.81. The third-order valence-electron chi connectivity index (χ3n) is 2.10. The van der Waals surface area contributed by atoms with Gasteiger partial charge in [-0.2, -0.15) is 0 Å². The van der Waals surface area contributed by atoms with Crippen molar-refractivity contribution in [1.29, 1.82) is 0 Å². The summed E-state index contributed by atoms with van der Waals surface area (Å²) in [5, 5.41) is 9.37. The molecule has 0 aliphatic carbocycles. The summed E-state index contributed by atoms with van der Waals surface area (Å²) in [7, 11) is 0. The minimum absolute atomic E-state index is 0.290. The van der Waals surface area contributed by atoms with E-state index in [1.54, 1.807) is 0 Å². The predicted octanol–water partition coefficient (Wildman–Crippen LogP) is 2.02. The lowest BCUT2D eigenvalue weighted by atomic mass is 9.99. The zero-order chi connectivity index (χ0) is 12.1. The van der Waals surface area contributed by atoms with E-state index in [2.05, 4.69) is 6.58 Å². The lowest BCUT2D eigenvalue weighted by molar-refractivity contribution is 0.0679. The van der Waals surface area contributed by atoms with Crippen LogP contribution in [-0.2, 0) is 0 Å². The van der Waals surface area contributed by atoms with Crippen LogP contribution in [0.4, 0.5) is 0 Å². The van der Waals surface area contributed by atoms with Gasteiger partial charge in [0.1, 0.15) is 18.5 Å². The number of rotatable bonds is 0. The maximum Gasteiger partial charge on any atom is 0.124 e. The smallest absolute Gasteiger partial charge is 0.124 e. The lowest BCUT2D eigenvalue weighted by Crippen LogP contribution is -2.35. The Morgan fingerprint density at radius 1 is 1.44 bits per heavy atom. The van der Waals surface area contributed by atoms with E-state index >= 15 is 0 Å². The molecule has 1 aliphatic rings. The normalized spacial score (nSPS) is 22.2. The van der Waals surface area contributed by atoms with Gasteiger partial charge in [0.15, 0.2) is 0 Å². The summed E-state index contributed by atoms with van der Waals surface area (Å²) in [6.45, 7) is 7.79. The summed E-state index contributed by atoms with van der Waals surface area (Å²) >= 11 is 0. The highest BCUT2D eigenvalue weighted by Gasteiger charge is 2.25. The molecule has 0 unspecified atom stereocenters. The van der Waals surface area contributed by atoms with E-state index < -0.39 is 6.10 Å². The molecule has 0 amide bonds. The molecular formula is C13H19NO2. The zero-order valence-electron chi connectivity index (χ0n) is 9.81. The first kappa shape index (κ1) is 12.7. The Balaban J connectivity index is 0.000000280. The number of benzene rings is 1. The summed E-state index contributed by atoms with van der Waals surface area (Å²) in [4.78, 5) is 0. The van der Waals surface area contributed by atoms with Crippen molar-refractivity contribution < 1.29 is 9.84 Å². The molecule has 0 spiro atoms. The second-order valence-electron chi connectivity index (χ2n) is 4.15. The number of ether oxygens (including phenoxy) is 1. The molecule has 1 heterocycles. The predicted molar refractivity (Wildman–Crippen MR) is 65.4 cm³/mol. The van der Waals surface area contributed by atoms with E-state index in [0.29, 0.717) is 0 Å². The molecule has 1 aromatic rings. The molecular weight excluding hydrogens is 202 g/mol. The Labute approximate surface area is 96.5 Å². The highest BCUT2D eigenvalue weighted by atomic mass is 16.5. The molecule has 0 saturated carbocycles. The molecule has 3 heteroatoms. The van der Waals surface area contributed by atoms with E-state index in [4.69, 9.17) is 10.5 Å². The topological polar surface area (TPSA) is 55.5 Å². The zero-order valence-corrected chi connectivity index (χ0v) is 9.81. The number of allylic oxidation sites excluding steroid dienone is 1. The summed E-state index contributed by atoms with van der Waals surface area (Å²) in [6.07, 6.45) is -0.583. The second kappa shape index (κ2) is 5.68. The molecule has 2 rings (SSSR count). The fourth-order valence-electron chi connectivity index (χ4n) is 1.37. The number of para-hydroxylation sites is 1. The van der Waals surface area contributed by atoms with Gasteiger partial charge in [-0.1, -0.05) is 23.8 Å². The van der Waals surface area contributed by atoms with Gasteiger partial charge in [-0.05, 0) is 19.9 Å². The molecule has 0 radical (unpaired) electrons. The Morgan fingerprint density at radius 2 is 2.00 bits per heavy atom. The lowest BCUT2D eigenvalue weighted by Gasteiger charge is -2.27. The Morgan fingerprint density at radius 3 is 2.62 bits per heavy atom. The molecule has 0 bridgehead atoms. The van der Waals surface area contributed by atoms with Crippen LogP contribution in [0, 0.1) is 0 Å². The van der Waals surface area contributed by atoms with Crippen molar-refractivity contribution in [3.8, 4) is 5.75 Å². The van der Waals surface area contributed by atoms with Gasteiger partial charge in [0, 0.05) is 5.56 Å². The first-order valence-corrected chi connectivity index (χ1v) is 5.30. The monoisotopic (exact) mass is 221 g/mol. The van der Waals surface area contributed by atoms with Gasteiger partial charge >= 0.3 is 0 Å². The third kappa shape index (κ3) is 3.36. The molecule has 2 atom stereocenters. The number of fused-ring (bicyclic) bond motifs is 1. The van der Waals surface area contributed by atoms with Gasteiger partial charge in [-0.15, -0.1) is 6.58 Å². The van der Waals surface area contributed by atoms with Gasteiger partial charge in [-0.25, -0.2) is 0 Å². The van der Waals surface area contributed by atoms with Crippen LogP contribution < -0.4 is 10.5 Å². The van der Waals surface area contributed by atoms with Crippen molar-refractivity contribution in [3.63, 3.8) is 0 Å². The molecule has 0 aromatic heterocycles. The van der Waals surface area contributed by atoms with Crippen LogP contribution >= 0.6 is 0 Å². The quantitative estimate of drug-likeness (QED) is 0.659. The second-order valence-corrected chi connectivity index (χ2v) is 4.15. The minimum atomic E-state index is -0.583. The number of aliphatic hydroxyl groups is 1. The number of aliphatic hydroxyl groups excluding tert-OH is 1. The van der Waals surface area contributed by atoms with Crippen molar-refractivity contribution in [3.05, 3.63) is 42.0 Å². The van der Waals surface area contributed by atoms with Crippen LogP contribution in [-0.4, -0.2) is 17.8 Å². The van der Waals surface area contributed by atoms with Gasteiger partial charge < -0.3 is 15.6 Å². The van der Waals surface area contributed by atoms with Gasteiger partial charge in [0.25, 0.3) is 0 Å². The van der Waals surface area contributed by atoms with Crippen LogP contribution in [0.25, 0.3) is 0 Å². The summed E-state index contributed by atoms with van der Waals surface area (Å²) < 4.78 is 5.28. The van der Waals surface area contributed by atoms with E-state index in [-0.39, 0.29) is 12.6 Å². The number of hydrogen-bond donors (Lipinski definition) is 2. The van der Waals surface area contributed by atoms with E-state index in [1.807, 2.05) is 38.1 Å². The molecule has 1 aliphatic heterocycles. The van der Waals surface area contributed by atoms with Gasteiger partial charge in [0.05, 0.1) is 6.04 Å². The molecule has 88 valence electrons. The van der Waals surface area contributed by atoms with Gasteiger partial charge in [0.2, 0.25) is 0 Å².